The largest absolute Gasteiger partial charge is 0.496 e. The molecule has 4 bridgehead atoms. The van der Waals surface area contributed by atoms with E-state index in [4.69, 9.17) is 14.2 Å². The SMILES string of the molecule is CC[C@H]1C[C@]1(NC(=O)[C@@H]1C[C@@H]2CN1C(=O)[C@H](C1CCCCC1)CC(=O)OCC(C)(C)C/C=C/c1cc3c(nccc3cc1OC)O2)C(=O)NS(=O)(=O)C1CC1. The van der Waals surface area contributed by atoms with Crippen LogP contribution in [0.1, 0.15) is 103 Å². The van der Waals surface area contributed by atoms with Crippen molar-refractivity contribution in [3.8, 4) is 11.6 Å². The molecule has 2 aliphatic heterocycles. The number of hydrogen-bond acceptors (Lipinski definition) is 10. The van der Waals surface area contributed by atoms with E-state index < -0.39 is 62.1 Å². The first kappa shape index (κ1) is 39.1. The van der Waals surface area contributed by atoms with Gasteiger partial charge in [-0.3, -0.25) is 23.9 Å². The summed E-state index contributed by atoms with van der Waals surface area (Å²) < 4.78 is 46.0. The highest BCUT2D eigenvalue weighted by molar-refractivity contribution is 7.91. The molecule has 14 heteroatoms. The first-order chi connectivity index (χ1) is 26.2. The number of cyclic esters (lactones) is 1. The summed E-state index contributed by atoms with van der Waals surface area (Å²) >= 11 is 0. The van der Waals surface area contributed by atoms with E-state index in [-0.39, 0.29) is 50.2 Å². The third-order valence-corrected chi connectivity index (χ3v) is 14.1. The van der Waals surface area contributed by atoms with Crippen molar-refractivity contribution in [1.29, 1.82) is 0 Å². The molecule has 3 heterocycles. The van der Waals surface area contributed by atoms with Crippen molar-refractivity contribution in [1.82, 2.24) is 19.9 Å². The summed E-state index contributed by atoms with van der Waals surface area (Å²) in [5.74, 6) is -2.12. The van der Waals surface area contributed by atoms with Gasteiger partial charge in [-0.1, -0.05) is 58.6 Å². The Morgan fingerprint density at radius 3 is 2.55 bits per heavy atom. The van der Waals surface area contributed by atoms with Gasteiger partial charge in [0, 0.05) is 29.0 Å². The maximum atomic E-state index is 14.9. The van der Waals surface area contributed by atoms with Gasteiger partial charge in [-0.15, -0.1) is 0 Å². The smallest absolute Gasteiger partial charge is 0.306 e. The number of pyridine rings is 1. The molecule has 5 aliphatic rings. The van der Waals surface area contributed by atoms with Crippen LogP contribution in [0, 0.1) is 23.2 Å². The van der Waals surface area contributed by atoms with Crippen LogP contribution in [0.5, 0.6) is 11.6 Å². The number of amides is 3. The maximum absolute atomic E-state index is 14.9. The first-order valence-electron chi connectivity index (χ1n) is 19.9. The molecule has 3 amide bonds. The predicted molar refractivity (Wildman–Crippen MR) is 205 cm³/mol. The monoisotopic (exact) mass is 778 g/mol. The summed E-state index contributed by atoms with van der Waals surface area (Å²) in [4.78, 5) is 62.6. The van der Waals surface area contributed by atoms with Crippen LogP contribution in [-0.2, 0) is 33.9 Å². The Morgan fingerprint density at radius 2 is 1.85 bits per heavy atom. The van der Waals surface area contributed by atoms with Crippen LogP contribution in [0.15, 0.2) is 30.5 Å². The van der Waals surface area contributed by atoms with Crippen molar-refractivity contribution >= 4 is 50.6 Å². The molecule has 2 N–H and O–H groups in total. The first-order valence-corrected chi connectivity index (χ1v) is 21.4. The van der Waals surface area contributed by atoms with Gasteiger partial charge in [0.1, 0.15) is 23.4 Å². The molecule has 4 fully saturated rings. The number of benzene rings is 1. The topological polar surface area (TPSA) is 170 Å². The van der Waals surface area contributed by atoms with Crippen molar-refractivity contribution in [2.45, 2.75) is 121 Å². The van der Waals surface area contributed by atoms with E-state index in [1.54, 1.807) is 13.3 Å². The molecule has 1 saturated heterocycles. The average Bonchev–Trinajstić information content (AvgIpc) is 4.09. The number of sulfonamides is 1. The number of aromatic nitrogens is 1. The second-order valence-corrected chi connectivity index (χ2v) is 19.0. The lowest BCUT2D eigenvalue weighted by Gasteiger charge is -2.34. The van der Waals surface area contributed by atoms with Crippen LogP contribution < -0.4 is 19.5 Å². The number of carbonyl (C=O) groups excluding carboxylic acids is 4. The molecule has 13 nitrogen and oxygen atoms in total. The average molecular weight is 779 g/mol. The van der Waals surface area contributed by atoms with Gasteiger partial charge in [0.15, 0.2) is 0 Å². The van der Waals surface area contributed by atoms with E-state index in [9.17, 15) is 27.6 Å². The molecule has 55 heavy (non-hydrogen) atoms. The predicted octanol–water partition coefficient (Wildman–Crippen LogP) is 5.06. The zero-order valence-corrected chi connectivity index (χ0v) is 33.1. The molecule has 5 atom stereocenters. The third-order valence-electron chi connectivity index (χ3n) is 12.3. The number of hydrogen-bond donors (Lipinski definition) is 2. The van der Waals surface area contributed by atoms with Crippen LogP contribution in [-0.4, -0.2) is 85.2 Å². The normalized spacial score (nSPS) is 29.4. The molecule has 1 aromatic heterocycles. The van der Waals surface area contributed by atoms with Gasteiger partial charge in [0.05, 0.1) is 37.9 Å². The molecule has 0 spiro atoms. The lowest BCUT2D eigenvalue weighted by Crippen LogP contribution is -2.57. The summed E-state index contributed by atoms with van der Waals surface area (Å²) in [5, 5.41) is 3.90. The molecular formula is C41H54N4O9S. The number of nitrogens with one attached hydrogen (secondary N) is 2. The molecule has 3 aliphatic carbocycles. The Morgan fingerprint density at radius 1 is 1.09 bits per heavy atom. The van der Waals surface area contributed by atoms with Crippen molar-refractivity contribution < 1.29 is 41.8 Å². The van der Waals surface area contributed by atoms with Crippen LogP contribution in [0.2, 0.25) is 0 Å². The van der Waals surface area contributed by atoms with E-state index in [2.05, 4.69) is 15.0 Å². The Balaban J connectivity index is 1.24. The highest BCUT2D eigenvalue weighted by Gasteiger charge is 2.62. The summed E-state index contributed by atoms with van der Waals surface area (Å²) in [7, 11) is -2.24. The Hall–Kier alpha value is -4.20. The zero-order valence-electron chi connectivity index (χ0n) is 32.3. The summed E-state index contributed by atoms with van der Waals surface area (Å²) in [6.45, 7) is 6.14. The minimum Gasteiger partial charge on any atom is -0.496 e. The molecule has 0 unspecified atom stereocenters. The molecule has 0 radical (unpaired) electrons. The minimum atomic E-state index is -3.85. The lowest BCUT2D eigenvalue weighted by molar-refractivity contribution is -0.154. The summed E-state index contributed by atoms with van der Waals surface area (Å²) in [6, 6.07) is 4.68. The number of carbonyl (C=O) groups is 4. The quantitative estimate of drug-likeness (QED) is 0.346. The zero-order chi connectivity index (χ0) is 39.1. The maximum Gasteiger partial charge on any atom is 0.306 e. The number of nitrogens with zero attached hydrogens (tertiary/aromatic N) is 2. The number of fused-ring (bicyclic) bond motifs is 3. The van der Waals surface area contributed by atoms with Crippen LogP contribution in [0.3, 0.4) is 0 Å². The number of esters is 1. The van der Waals surface area contributed by atoms with Crippen molar-refractivity contribution in [3.05, 3.63) is 36.0 Å². The molecule has 1 aromatic carbocycles. The molecule has 2 aromatic rings. The standard InChI is InChI=1S/C41H54N4O9S/c1-5-28-22-41(28,39(49)44-55(50,51)30-13-14-30)43-36(47)33-20-29-23-45(33)38(48)32(25-10-7-6-8-11-25)21-35(46)53-24-40(2,3)16-9-12-27-18-31-26(19-34(27)52-4)15-17-42-37(31)54-29/h9,12,15,17-19,25,28-30,32-33H,5-8,10-11,13-14,16,20-24H2,1-4H3,(H,43,47)(H,44,49)/b12-9+/t28-,29+,32-,33-,41+/m0/s1. The van der Waals surface area contributed by atoms with Crippen molar-refractivity contribution in [2.24, 2.45) is 23.2 Å². The molecule has 3 saturated carbocycles. The molecule has 7 rings (SSSR count). The van der Waals surface area contributed by atoms with Crippen molar-refractivity contribution in [2.75, 3.05) is 20.3 Å². The second kappa shape index (κ2) is 15.4. The van der Waals surface area contributed by atoms with Gasteiger partial charge in [0.25, 0.3) is 5.91 Å². The Labute approximate surface area is 323 Å². The molecule has 298 valence electrons. The Bertz CT molecular complexity index is 1970. The minimum absolute atomic E-state index is 0.0513. The highest BCUT2D eigenvalue weighted by Crippen LogP contribution is 2.47. The summed E-state index contributed by atoms with van der Waals surface area (Å²) in [5.41, 5.74) is -1.00. The van der Waals surface area contributed by atoms with Crippen molar-refractivity contribution in [3.63, 3.8) is 0 Å². The van der Waals surface area contributed by atoms with Crippen LogP contribution in [0.4, 0.5) is 0 Å². The third kappa shape index (κ3) is 8.34. The van der Waals surface area contributed by atoms with Gasteiger partial charge < -0.3 is 24.4 Å². The van der Waals surface area contributed by atoms with Gasteiger partial charge in [0.2, 0.25) is 27.7 Å². The fourth-order valence-corrected chi connectivity index (χ4v) is 10.1. The second-order valence-electron chi connectivity index (χ2n) is 17.0. The van der Waals surface area contributed by atoms with Gasteiger partial charge in [-0.25, -0.2) is 13.4 Å². The van der Waals surface area contributed by atoms with E-state index in [0.29, 0.717) is 37.3 Å². The van der Waals surface area contributed by atoms with Crippen LogP contribution >= 0.6 is 0 Å². The van der Waals surface area contributed by atoms with Gasteiger partial charge in [-0.05, 0) is 73.9 Å². The van der Waals surface area contributed by atoms with Gasteiger partial charge in [-0.2, -0.15) is 0 Å². The summed E-state index contributed by atoms with van der Waals surface area (Å²) in [6.07, 6.45) is 11.9. The van der Waals surface area contributed by atoms with E-state index in [1.807, 2.05) is 51.1 Å². The van der Waals surface area contributed by atoms with E-state index >= 15 is 0 Å². The lowest BCUT2D eigenvalue weighted by atomic mass is 9.77. The van der Waals surface area contributed by atoms with Gasteiger partial charge >= 0.3 is 5.97 Å². The highest BCUT2D eigenvalue weighted by atomic mass is 32.2. The van der Waals surface area contributed by atoms with Crippen LogP contribution in [0.25, 0.3) is 16.8 Å². The van der Waals surface area contributed by atoms with E-state index in [1.165, 1.54) is 4.90 Å². The molecular weight excluding hydrogens is 725 g/mol. The number of methoxy groups -OCH3 is 1. The van der Waals surface area contributed by atoms with E-state index in [0.717, 1.165) is 48.4 Å². The fourth-order valence-electron chi connectivity index (χ4n) is 8.70. The number of rotatable bonds is 8. The number of ether oxygens (including phenoxy) is 3. The fraction of sp³-hybridized carbons (Fsp3) is 0.634. The number of allylic oxidation sites excluding steroid dienone is 1. The Kier molecular flexibility index (Phi) is 10.9.